The fourth-order valence-electron chi connectivity index (χ4n) is 1.43. The van der Waals surface area contributed by atoms with Crippen LogP contribution in [0.1, 0.15) is 18.9 Å². The quantitative estimate of drug-likeness (QED) is 0.822. The molecule has 0 heterocycles. The van der Waals surface area contributed by atoms with Crippen molar-refractivity contribution in [2.75, 3.05) is 5.32 Å². The SMILES string of the molecule is CC/C=C/C(=O)NCc1cccc(NC(=O)C(F)(F)F)c1. The lowest BCUT2D eigenvalue weighted by molar-refractivity contribution is -0.167. The van der Waals surface area contributed by atoms with Crippen molar-refractivity contribution in [2.45, 2.75) is 26.1 Å². The number of allylic oxidation sites excluding steroid dienone is 1. The molecular formula is C14H15F3N2O2. The lowest BCUT2D eigenvalue weighted by atomic mass is 10.2. The van der Waals surface area contributed by atoms with E-state index >= 15 is 0 Å². The fraction of sp³-hybridized carbons (Fsp3) is 0.286. The average Bonchev–Trinajstić information content (AvgIpc) is 2.42. The number of nitrogens with one attached hydrogen (secondary N) is 2. The summed E-state index contributed by atoms with van der Waals surface area (Å²) >= 11 is 0. The molecule has 0 radical (unpaired) electrons. The lowest BCUT2D eigenvalue weighted by Gasteiger charge is -2.09. The number of rotatable bonds is 5. The molecule has 0 atom stereocenters. The van der Waals surface area contributed by atoms with Crippen molar-refractivity contribution < 1.29 is 22.8 Å². The number of benzene rings is 1. The molecule has 7 heteroatoms. The third kappa shape index (κ3) is 6.11. The normalized spacial score (nSPS) is 11.4. The number of hydrogen-bond donors (Lipinski definition) is 2. The molecule has 2 amide bonds. The molecule has 0 bridgehead atoms. The molecule has 0 aliphatic rings. The van der Waals surface area contributed by atoms with Gasteiger partial charge in [-0.1, -0.05) is 25.1 Å². The van der Waals surface area contributed by atoms with Crippen molar-refractivity contribution in [3.63, 3.8) is 0 Å². The van der Waals surface area contributed by atoms with Crippen molar-refractivity contribution >= 4 is 17.5 Å². The van der Waals surface area contributed by atoms with Gasteiger partial charge in [0.05, 0.1) is 0 Å². The van der Waals surface area contributed by atoms with Crippen molar-refractivity contribution in [2.24, 2.45) is 0 Å². The van der Waals surface area contributed by atoms with E-state index in [1.807, 2.05) is 6.92 Å². The van der Waals surface area contributed by atoms with Gasteiger partial charge in [0.1, 0.15) is 0 Å². The molecule has 0 saturated heterocycles. The van der Waals surface area contributed by atoms with Crippen LogP contribution in [-0.2, 0) is 16.1 Å². The predicted molar refractivity (Wildman–Crippen MR) is 72.4 cm³/mol. The summed E-state index contributed by atoms with van der Waals surface area (Å²) in [5, 5.41) is 4.34. The summed E-state index contributed by atoms with van der Waals surface area (Å²) in [6, 6.07) is 5.84. The molecule has 0 aliphatic carbocycles. The summed E-state index contributed by atoms with van der Waals surface area (Å²) in [5.41, 5.74) is 0.599. The second-order valence-electron chi connectivity index (χ2n) is 4.18. The molecule has 0 saturated carbocycles. The van der Waals surface area contributed by atoms with Crippen LogP contribution in [0.25, 0.3) is 0 Å². The van der Waals surface area contributed by atoms with E-state index in [4.69, 9.17) is 0 Å². The van der Waals surface area contributed by atoms with E-state index in [-0.39, 0.29) is 18.1 Å². The highest BCUT2D eigenvalue weighted by molar-refractivity contribution is 5.95. The van der Waals surface area contributed by atoms with Crippen LogP contribution >= 0.6 is 0 Å². The van der Waals surface area contributed by atoms with Crippen LogP contribution in [0.5, 0.6) is 0 Å². The number of hydrogen-bond acceptors (Lipinski definition) is 2. The van der Waals surface area contributed by atoms with Gasteiger partial charge < -0.3 is 10.6 Å². The van der Waals surface area contributed by atoms with Crippen LogP contribution in [0.4, 0.5) is 18.9 Å². The van der Waals surface area contributed by atoms with Gasteiger partial charge in [0.2, 0.25) is 5.91 Å². The van der Waals surface area contributed by atoms with E-state index in [1.54, 1.807) is 17.5 Å². The molecule has 0 fully saturated rings. The van der Waals surface area contributed by atoms with Gasteiger partial charge in [0.15, 0.2) is 0 Å². The van der Waals surface area contributed by atoms with Crippen LogP contribution in [0, 0.1) is 0 Å². The molecule has 2 N–H and O–H groups in total. The molecule has 0 spiro atoms. The second-order valence-corrected chi connectivity index (χ2v) is 4.18. The molecule has 114 valence electrons. The first kappa shape index (κ1) is 16.7. The molecule has 21 heavy (non-hydrogen) atoms. The molecule has 0 unspecified atom stereocenters. The number of alkyl halides is 3. The average molecular weight is 300 g/mol. The Hall–Kier alpha value is -2.31. The lowest BCUT2D eigenvalue weighted by Crippen LogP contribution is -2.30. The molecule has 0 aromatic heterocycles. The second kappa shape index (κ2) is 7.47. The smallest absolute Gasteiger partial charge is 0.348 e. The van der Waals surface area contributed by atoms with Gasteiger partial charge in [-0.2, -0.15) is 13.2 Å². The minimum Gasteiger partial charge on any atom is -0.348 e. The first-order chi connectivity index (χ1) is 9.82. The van der Waals surface area contributed by atoms with Crippen LogP contribution in [0.15, 0.2) is 36.4 Å². The van der Waals surface area contributed by atoms with Crippen LogP contribution in [0.3, 0.4) is 0 Å². The van der Waals surface area contributed by atoms with Gasteiger partial charge in [-0.05, 0) is 30.2 Å². The van der Waals surface area contributed by atoms with Crippen LogP contribution in [0.2, 0.25) is 0 Å². The predicted octanol–water partition coefficient (Wildman–Crippen LogP) is 2.77. The Morgan fingerprint density at radius 1 is 1.29 bits per heavy atom. The monoisotopic (exact) mass is 300 g/mol. The van der Waals surface area contributed by atoms with Gasteiger partial charge in [-0.3, -0.25) is 9.59 Å². The zero-order valence-electron chi connectivity index (χ0n) is 11.3. The molecule has 1 aromatic rings. The van der Waals surface area contributed by atoms with Gasteiger partial charge in [-0.25, -0.2) is 0 Å². The van der Waals surface area contributed by atoms with E-state index in [1.165, 1.54) is 24.3 Å². The first-order valence-corrected chi connectivity index (χ1v) is 6.24. The molecule has 4 nitrogen and oxygen atoms in total. The van der Waals surface area contributed by atoms with E-state index in [2.05, 4.69) is 5.32 Å². The van der Waals surface area contributed by atoms with Crippen LogP contribution in [-0.4, -0.2) is 18.0 Å². The third-order valence-corrected chi connectivity index (χ3v) is 2.41. The maximum absolute atomic E-state index is 12.1. The van der Waals surface area contributed by atoms with Gasteiger partial charge in [-0.15, -0.1) is 0 Å². The Morgan fingerprint density at radius 2 is 2.00 bits per heavy atom. The van der Waals surface area contributed by atoms with Gasteiger partial charge >= 0.3 is 12.1 Å². The maximum atomic E-state index is 12.1. The topological polar surface area (TPSA) is 58.2 Å². The van der Waals surface area contributed by atoms with Crippen molar-refractivity contribution in [3.8, 4) is 0 Å². The summed E-state index contributed by atoms with van der Waals surface area (Å²) in [7, 11) is 0. The zero-order chi connectivity index (χ0) is 15.9. The molecule has 1 aromatic carbocycles. The Bertz CT molecular complexity index is 539. The summed E-state index contributed by atoms with van der Waals surface area (Å²) in [6.07, 6.45) is -1.13. The maximum Gasteiger partial charge on any atom is 0.471 e. The minimum absolute atomic E-state index is 0.0215. The first-order valence-electron chi connectivity index (χ1n) is 6.24. The zero-order valence-corrected chi connectivity index (χ0v) is 11.3. The highest BCUT2D eigenvalue weighted by Gasteiger charge is 2.38. The highest BCUT2D eigenvalue weighted by Crippen LogP contribution is 2.18. The summed E-state index contributed by atoms with van der Waals surface area (Å²) in [4.78, 5) is 22.2. The number of carbonyl (C=O) groups is 2. The van der Waals surface area contributed by atoms with E-state index in [0.717, 1.165) is 6.42 Å². The standard InChI is InChI=1S/C14H15F3N2O2/c1-2-3-7-12(20)18-9-10-5-4-6-11(8-10)19-13(21)14(15,16)17/h3-8H,2,9H2,1H3,(H,18,20)(H,19,21)/b7-3+. The summed E-state index contributed by atoms with van der Waals surface area (Å²) < 4.78 is 36.4. The molecular weight excluding hydrogens is 285 g/mol. The van der Waals surface area contributed by atoms with Crippen molar-refractivity contribution in [3.05, 3.63) is 42.0 Å². The third-order valence-electron chi connectivity index (χ3n) is 2.41. The van der Waals surface area contributed by atoms with Crippen molar-refractivity contribution in [1.29, 1.82) is 0 Å². The molecule has 1 rings (SSSR count). The number of anilines is 1. The summed E-state index contributed by atoms with van der Waals surface area (Å²) in [6.45, 7) is 2.04. The highest BCUT2D eigenvalue weighted by atomic mass is 19.4. The Kier molecular flexibility index (Phi) is 5.95. The largest absolute Gasteiger partial charge is 0.471 e. The van der Waals surface area contributed by atoms with Crippen LogP contribution < -0.4 is 10.6 Å². The van der Waals surface area contributed by atoms with E-state index in [0.29, 0.717) is 5.56 Å². The Labute approximate surface area is 120 Å². The van der Waals surface area contributed by atoms with Crippen molar-refractivity contribution in [1.82, 2.24) is 5.32 Å². The van der Waals surface area contributed by atoms with E-state index in [9.17, 15) is 22.8 Å². The molecule has 0 aliphatic heterocycles. The van der Waals surface area contributed by atoms with E-state index < -0.39 is 12.1 Å². The number of amides is 2. The summed E-state index contributed by atoms with van der Waals surface area (Å²) in [5.74, 6) is -2.32. The number of carbonyl (C=O) groups excluding carboxylic acids is 2. The fourth-order valence-corrected chi connectivity index (χ4v) is 1.43. The Morgan fingerprint density at radius 3 is 2.62 bits per heavy atom. The Balaban J connectivity index is 2.63. The number of halogens is 3. The van der Waals surface area contributed by atoms with Gasteiger partial charge in [0, 0.05) is 12.2 Å². The van der Waals surface area contributed by atoms with Gasteiger partial charge in [0.25, 0.3) is 0 Å². The minimum atomic E-state index is -4.94.